The van der Waals surface area contributed by atoms with Gasteiger partial charge < -0.3 is 13.9 Å². The van der Waals surface area contributed by atoms with E-state index in [0.29, 0.717) is 55.4 Å². The predicted octanol–water partition coefficient (Wildman–Crippen LogP) is 3.37. The van der Waals surface area contributed by atoms with Gasteiger partial charge in [-0.15, -0.1) is 0 Å². The van der Waals surface area contributed by atoms with E-state index < -0.39 is 29.2 Å². The highest BCUT2D eigenvalue weighted by molar-refractivity contribution is 5.98. The second kappa shape index (κ2) is 10.1. The van der Waals surface area contributed by atoms with Gasteiger partial charge in [-0.2, -0.15) is 0 Å². The number of hydrogen-bond donors (Lipinski definition) is 0. The number of rotatable bonds is 11. The average molecular weight is 368 g/mol. The third kappa shape index (κ3) is 5.54. The van der Waals surface area contributed by atoms with Gasteiger partial charge in [-0.3, -0.25) is 0 Å². The summed E-state index contributed by atoms with van der Waals surface area (Å²) in [4.78, 5) is 0. The largest absolute Gasteiger partial charge is 0.380 e. The van der Waals surface area contributed by atoms with Gasteiger partial charge in [0.1, 0.15) is 0 Å². The van der Waals surface area contributed by atoms with Gasteiger partial charge in [0.2, 0.25) is 0 Å². The lowest BCUT2D eigenvalue weighted by atomic mass is 10.0. The molecule has 0 atom stereocenters. The van der Waals surface area contributed by atoms with Crippen LogP contribution in [0.15, 0.2) is 6.07 Å². The van der Waals surface area contributed by atoms with Gasteiger partial charge in [-0.1, -0.05) is 6.42 Å². The zero-order chi connectivity index (χ0) is 18.2. The summed E-state index contributed by atoms with van der Waals surface area (Å²) in [5.41, 5.74) is -0.161. The van der Waals surface area contributed by atoms with Gasteiger partial charge in [0, 0.05) is 19.6 Å². The first-order valence-corrected chi connectivity index (χ1v) is 8.87. The summed E-state index contributed by atoms with van der Waals surface area (Å²) in [5, 5.41) is 0. The molecule has 0 aliphatic rings. The highest BCUT2D eigenvalue weighted by atomic mass is 28.2. The summed E-state index contributed by atoms with van der Waals surface area (Å²) in [6.07, 6.45) is 2.46. The first kappa shape index (κ1) is 21.1. The van der Waals surface area contributed by atoms with Crippen molar-refractivity contribution < 1.29 is 31.5 Å². The van der Waals surface area contributed by atoms with Gasteiger partial charge in [-0.05, 0) is 44.7 Å². The molecule has 0 fully saturated rings. The van der Waals surface area contributed by atoms with E-state index in [1.165, 1.54) is 0 Å². The molecule has 0 radical (unpaired) electrons. The van der Waals surface area contributed by atoms with Crippen molar-refractivity contribution in [1.82, 2.24) is 0 Å². The first-order valence-electron chi connectivity index (χ1n) is 8.05. The number of hydrogen-bond acceptors (Lipinski definition) is 3. The van der Waals surface area contributed by atoms with Crippen LogP contribution in [0.2, 0.25) is 0 Å². The molecule has 3 nitrogen and oxygen atoms in total. The maximum absolute atomic E-state index is 13.6. The minimum atomic E-state index is -1.78. The highest BCUT2D eigenvalue weighted by Crippen LogP contribution is 2.24. The van der Waals surface area contributed by atoms with Crippen molar-refractivity contribution in [1.29, 1.82) is 0 Å². The lowest BCUT2D eigenvalue weighted by Gasteiger charge is -2.31. The maximum atomic E-state index is 13.6. The number of ether oxygens (including phenoxy) is 2. The fourth-order valence-corrected chi connectivity index (χ4v) is 2.92. The van der Waals surface area contributed by atoms with Crippen molar-refractivity contribution in [2.75, 3.05) is 13.2 Å². The van der Waals surface area contributed by atoms with Crippen molar-refractivity contribution in [2.45, 2.75) is 51.9 Å². The molecule has 0 aliphatic carbocycles. The second-order valence-corrected chi connectivity index (χ2v) is 5.68. The van der Waals surface area contributed by atoms with Crippen molar-refractivity contribution in [3.05, 3.63) is 34.9 Å². The van der Waals surface area contributed by atoms with E-state index in [9.17, 15) is 17.6 Å². The van der Waals surface area contributed by atoms with Crippen LogP contribution in [0.4, 0.5) is 17.6 Å². The Labute approximate surface area is 142 Å². The summed E-state index contributed by atoms with van der Waals surface area (Å²) in [6, 6.07) is 0.708. The van der Waals surface area contributed by atoms with E-state index in [0.717, 1.165) is 0 Å². The molecule has 0 aromatic heterocycles. The standard InChI is InChI=1S/C16H24F4O3Si/c1-3-21-16(23-24,22-4-2)9-7-5-6-8-11-10-12(17)14(19)15(20)13(11)18/h10H,3-9H2,1-2,24H3. The Morgan fingerprint density at radius 1 is 0.917 bits per heavy atom. The molecule has 0 N–H and O–H groups in total. The Kier molecular flexibility index (Phi) is 8.89. The van der Waals surface area contributed by atoms with Crippen LogP contribution in [0.5, 0.6) is 0 Å². The van der Waals surface area contributed by atoms with Crippen molar-refractivity contribution in [3.8, 4) is 0 Å². The fourth-order valence-electron chi connectivity index (χ4n) is 2.48. The van der Waals surface area contributed by atoms with Crippen LogP contribution in [0.3, 0.4) is 0 Å². The molecular formula is C16H24F4O3Si. The van der Waals surface area contributed by atoms with Crippen LogP contribution >= 0.6 is 0 Å². The molecule has 0 saturated carbocycles. The second-order valence-electron chi connectivity index (χ2n) is 5.27. The minimum Gasteiger partial charge on any atom is -0.380 e. The average Bonchev–Trinajstić information content (AvgIpc) is 2.57. The van der Waals surface area contributed by atoms with E-state index >= 15 is 0 Å². The first-order chi connectivity index (χ1) is 11.4. The van der Waals surface area contributed by atoms with Crippen LogP contribution in [0.1, 0.15) is 45.1 Å². The van der Waals surface area contributed by atoms with Crippen LogP contribution in [-0.4, -0.2) is 29.7 Å². The molecule has 0 heterocycles. The number of aryl methyl sites for hydroxylation is 1. The van der Waals surface area contributed by atoms with Crippen LogP contribution < -0.4 is 0 Å². The van der Waals surface area contributed by atoms with Crippen LogP contribution in [-0.2, 0) is 20.3 Å². The van der Waals surface area contributed by atoms with Crippen LogP contribution in [0.25, 0.3) is 0 Å². The van der Waals surface area contributed by atoms with Crippen molar-refractivity contribution in [3.63, 3.8) is 0 Å². The summed E-state index contributed by atoms with van der Waals surface area (Å²) >= 11 is 0. The van der Waals surface area contributed by atoms with E-state index in [1.807, 2.05) is 13.8 Å². The van der Waals surface area contributed by atoms with E-state index in [2.05, 4.69) is 0 Å². The van der Waals surface area contributed by atoms with E-state index in [1.54, 1.807) is 0 Å². The van der Waals surface area contributed by atoms with Gasteiger partial charge in [0.05, 0.1) is 0 Å². The number of benzene rings is 1. The molecule has 0 amide bonds. The lowest BCUT2D eigenvalue weighted by Crippen LogP contribution is -2.38. The molecule has 138 valence electrons. The zero-order valence-corrected chi connectivity index (χ0v) is 16.3. The fraction of sp³-hybridized carbons (Fsp3) is 0.625. The molecule has 1 aromatic rings. The molecular weight excluding hydrogens is 344 g/mol. The third-order valence-electron chi connectivity index (χ3n) is 3.65. The summed E-state index contributed by atoms with van der Waals surface area (Å²) in [6.45, 7) is 4.58. The Hall–Kier alpha value is -0.963. The van der Waals surface area contributed by atoms with Crippen molar-refractivity contribution >= 4 is 10.5 Å². The van der Waals surface area contributed by atoms with Gasteiger partial charge in [0.15, 0.2) is 33.8 Å². The number of unbranched alkanes of at least 4 members (excludes halogenated alkanes) is 2. The lowest BCUT2D eigenvalue weighted by molar-refractivity contribution is -0.344. The molecule has 0 bridgehead atoms. The molecule has 8 heteroatoms. The highest BCUT2D eigenvalue weighted by Gasteiger charge is 2.30. The van der Waals surface area contributed by atoms with E-state index in [4.69, 9.17) is 13.9 Å². The van der Waals surface area contributed by atoms with E-state index in [-0.39, 0.29) is 12.0 Å². The SMILES string of the molecule is CCOC(CCCCCc1cc(F)c(F)c(F)c1F)(O[SiH3])OCC. The number of halogens is 4. The molecule has 0 aliphatic heterocycles. The minimum absolute atomic E-state index is 0.123. The molecule has 24 heavy (non-hydrogen) atoms. The quantitative estimate of drug-likeness (QED) is 0.150. The zero-order valence-electron chi connectivity index (χ0n) is 14.3. The monoisotopic (exact) mass is 368 g/mol. The Bertz CT molecular complexity index is 523. The van der Waals surface area contributed by atoms with Crippen molar-refractivity contribution in [2.24, 2.45) is 0 Å². The normalized spacial score (nSPS) is 12.1. The van der Waals surface area contributed by atoms with Gasteiger partial charge >= 0.3 is 0 Å². The molecule has 1 rings (SSSR count). The van der Waals surface area contributed by atoms with Crippen LogP contribution in [0, 0.1) is 23.3 Å². The molecule has 0 spiro atoms. The van der Waals surface area contributed by atoms with Gasteiger partial charge in [0.25, 0.3) is 5.97 Å². The Morgan fingerprint density at radius 3 is 2.08 bits per heavy atom. The molecule has 0 unspecified atom stereocenters. The maximum Gasteiger partial charge on any atom is 0.272 e. The smallest absolute Gasteiger partial charge is 0.272 e. The molecule has 0 saturated heterocycles. The predicted molar refractivity (Wildman–Crippen MR) is 85.5 cm³/mol. The topological polar surface area (TPSA) is 27.7 Å². The summed E-state index contributed by atoms with van der Waals surface area (Å²) < 4.78 is 69.3. The third-order valence-corrected chi connectivity index (χ3v) is 4.27. The Morgan fingerprint density at radius 2 is 1.54 bits per heavy atom. The molecule has 1 aromatic carbocycles. The Balaban J connectivity index is 2.51. The summed E-state index contributed by atoms with van der Waals surface area (Å²) in [5.74, 6) is -7.29. The summed E-state index contributed by atoms with van der Waals surface area (Å²) in [7, 11) is 0.451. The van der Waals surface area contributed by atoms with Gasteiger partial charge in [-0.25, -0.2) is 17.6 Å².